The molecule has 1 aliphatic rings. The first kappa shape index (κ1) is 39.7. The molecule has 2 atom stereocenters. The smallest absolute Gasteiger partial charge is 0.407 e. The Morgan fingerprint density at radius 1 is 0.917 bits per heavy atom. The maximum atomic E-state index is 13.3. The number of amides is 7. The number of aliphatic hydroxyl groups excluding tert-OH is 1. The highest BCUT2D eigenvalue weighted by Gasteiger charge is 2.37. The summed E-state index contributed by atoms with van der Waals surface area (Å²) in [5.74, 6) is -2.20. The average Bonchev–Trinajstić information content (AvgIpc) is 3.35. The molecule has 7 N–H and O–H groups in total. The summed E-state index contributed by atoms with van der Waals surface area (Å²) in [7, 11) is 0. The zero-order chi connectivity index (χ0) is 36.1. The molecule has 1 aliphatic heterocycles. The van der Waals surface area contributed by atoms with E-state index in [0.29, 0.717) is 30.5 Å². The molecule has 2 rings (SSSR count). The van der Waals surface area contributed by atoms with Crippen molar-refractivity contribution in [3.8, 4) is 0 Å². The molecular weight excluding hydrogens is 624 g/mol. The van der Waals surface area contributed by atoms with Crippen LogP contribution >= 0.6 is 0 Å². The van der Waals surface area contributed by atoms with E-state index >= 15 is 0 Å². The van der Waals surface area contributed by atoms with Crippen molar-refractivity contribution in [2.45, 2.75) is 97.1 Å². The SMILES string of the molecule is CC(C)[C@H](NC(=O)OCCC(C)(C)OCCC(C)(C)N1C(=O)C=CC1=O)C(=O)N[C@@H](CCCNC(N)=O)C(=O)Nc1ccc(CO)cc1. The summed E-state index contributed by atoms with van der Waals surface area (Å²) in [6, 6.07) is 3.79. The largest absolute Gasteiger partial charge is 0.449 e. The van der Waals surface area contributed by atoms with Gasteiger partial charge in [-0.25, -0.2) is 9.59 Å². The van der Waals surface area contributed by atoms with Crippen molar-refractivity contribution in [3.05, 3.63) is 42.0 Å². The summed E-state index contributed by atoms with van der Waals surface area (Å²) in [4.78, 5) is 75.6. The van der Waals surface area contributed by atoms with E-state index in [4.69, 9.17) is 15.2 Å². The number of benzene rings is 1. The zero-order valence-electron chi connectivity index (χ0n) is 28.6. The van der Waals surface area contributed by atoms with E-state index in [2.05, 4.69) is 21.3 Å². The molecule has 1 heterocycles. The number of rotatable bonds is 19. The highest BCUT2D eigenvalue weighted by atomic mass is 16.6. The van der Waals surface area contributed by atoms with Crippen LogP contribution in [-0.4, -0.2) is 88.7 Å². The number of primary amides is 1. The van der Waals surface area contributed by atoms with E-state index < -0.39 is 47.2 Å². The van der Waals surface area contributed by atoms with E-state index in [0.717, 1.165) is 0 Å². The molecule has 0 unspecified atom stereocenters. The Labute approximate surface area is 281 Å². The van der Waals surface area contributed by atoms with Gasteiger partial charge in [0.2, 0.25) is 11.8 Å². The Hall–Kier alpha value is -4.50. The van der Waals surface area contributed by atoms with Crippen molar-refractivity contribution in [2.24, 2.45) is 11.7 Å². The monoisotopic (exact) mass is 674 g/mol. The van der Waals surface area contributed by atoms with Gasteiger partial charge in [0.05, 0.1) is 18.8 Å². The molecule has 15 heteroatoms. The summed E-state index contributed by atoms with van der Waals surface area (Å²) < 4.78 is 11.3. The molecule has 7 amide bonds. The third kappa shape index (κ3) is 13.0. The Kier molecular flexibility index (Phi) is 15.0. The van der Waals surface area contributed by atoms with Gasteiger partial charge < -0.3 is 41.6 Å². The first-order chi connectivity index (χ1) is 22.5. The van der Waals surface area contributed by atoms with Crippen LogP contribution < -0.4 is 27.0 Å². The lowest BCUT2D eigenvalue weighted by Crippen LogP contribution is -2.54. The average molecular weight is 675 g/mol. The number of alkyl carbamates (subject to hydrolysis) is 1. The van der Waals surface area contributed by atoms with Gasteiger partial charge in [-0.05, 0) is 70.6 Å². The summed E-state index contributed by atoms with van der Waals surface area (Å²) in [6.45, 7) is 11.0. The van der Waals surface area contributed by atoms with Gasteiger partial charge in [0.1, 0.15) is 12.1 Å². The second kappa shape index (κ2) is 18.2. The standard InChI is InChI=1S/C33H50N6O9/c1-21(2)27(29(44)37-24(8-7-17-35-30(34)45)28(43)36-23-11-9-22(20-40)10-12-23)38-31(46)47-18-16-33(5,6)48-19-15-32(3,4)39-25(41)13-14-26(39)42/h9-14,21,24,27,40H,7-8,15-20H2,1-6H3,(H,36,43)(H,37,44)(H,38,46)(H3,34,35,45)/t24-,27-/m0/s1. The number of carbonyl (C=O) groups excluding carboxylic acids is 6. The maximum absolute atomic E-state index is 13.3. The van der Waals surface area contributed by atoms with Crippen molar-refractivity contribution in [1.29, 1.82) is 0 Å². The Morgan fingerprint density at radius 3 is 2.10 bits per heavy atom. The summed E-state index contributed by atoms with van der Waals surface area (Å²) in [6.07, 6.45) is 2.88. The van der Waals surface area contributed by atoms with Crippen LogP contribution in [0.2, 0.25) is 0 Å². The number of ether oxygens (including phenoxy) is 2. The van der Waals surface area contributed by atoms with Crippen LogP contribution in [0.1, 0.15) is 72.8 Å². The van der Waals surface area contributed by atoms with E-state index in [1.807, 2.05) is 13.8 Å². The highest BCUT2D eigenvalue weighted by Crippen LogP contribution is 2.25. The van der Waals surface area contributed by atoms with Gasteiger partial charge >= 0.3 is 12.1 Å². The highest BCUT2D eigenvalue weighted by molar-refractivity contribution is 6.13. The first-order valence-corrected chi connectivity index (χ1v) is 15.9. The van der Waals surface area contributed by atoms with Crippen LogP contribution in [0.25, 0.3) is 0 Å². The normalized spacial score (nSPS) is 14.5. The minimum absolute atomic E-state index is 0.0192. The van der Waals surface area contributed by atoms with Crippen LogP contribution in [-0.2, 0) is 35.3 Å². The molecule has 0 radical (unpaired) electrons. The summed E-state index contributed by atoms with van der Waals surface area (Å²) >= 11 is 0. The molecule has 0 aliphatic carbocycles. The molecular formula is C33H50N6O9. The second-order valence-corrected chi connectivity index (χ2v) is 13.1. The van der Waals surface area contributed by atoms with Crippen molar-refractivity contribution in [1.82, 2.24) is 20.9 Å². The topological polar surface area (TPSA) is 218 Å². The number of hydrogen-bond donors (Lipinski definition) is 6. The molecule has 0 saturated heterocycles. The second-order valence-electron chi connectivity index (χ2n) is 13.1. The summed E-state index contributed by atoms with van der Waals surface area (Å²) in [5.41, 5.74) is 4.79. The fourth-order valence-corrected chi connectivity index (χ4v) is 4.82. The molecule has 15 nitrogen and oxygen atoms in total. The van der Waals surface area contributed by atoms with Gasteiger partial charge in [0.15, 0.2) is 0 Å². The number of nitrogens with two attached hydrogens (primary N) is 1. The number of carbonyl (C=O) groups is 6. The number of nitrogens with zero attached hydrogens (tertiary/aromatic N) is 1. The van der Waals surface area contributed by atoms with Crippen LogP contribution in [0.5, 0.6) is 0 Å². The van der Waals surface area contributed by atoms with Gasteiger partial charge in [-0.2, -0.15) is 0 Å². The number of nitrogens with one attached hydrogen (secondary N) is 4. The van der Waals surface area contributed by atoms with Crippen molar-refractivity contribution in [3.63, 3.8) is 0 Å². The lowest BCUT2D eigenvalue weighted by molar-refractivity contribution is -0.144. The number of anilines is 1. The third-order valence-corrected chi connectivity index (χ3v) is 7.79. The fourth-order valence-electron chi connectivity index (χ4n) is 4.82. The molecule has 48 heavy (non-hydrogen) atoms. The molecule has 0 fully saturated rings. The lowest BCUT2D eigenvalue weighted by atomic mass is 9.98. The Morgan fingerprint density at radius 2 is 1.54 bits per heavy atom. The van der Waals surface area contributed by atoms with Crippen LogP contribution in [0, 0.1) is 5.92 Å². The van der Waals surface area contributed by atoms with Gasteiger partial charge in [0, 0.05) is 43.0 Å². The van der Waals surface area contributed by atoms with E-state index in [1.165, 1.54) is 17.1 Å². The molecule has 0 spiro atoms. The molecule has 1 aromatic rings. The van der Waals surface area contributed by atoms with Crippen LogP contribution in [0.3, 0.4) is 0 Å². The number of hydrogen-bond acceptors (Lipinski definition) is 9. The molecule has 266 valence electrons. The van der Waals surface area contributed by atoms with Gasteiger partial charge in [-0.3, -0.25) is 24.1 Å². The van der Waals surface area contributed by atoms with Crippen molar-refractivity contribution >= 4 is 41.4 Å². The Balaban J connectivity index is 1.92. The molecule has 0 saturated carbocycles. The van der Waals surface area contributed by atoms with Gasteiger partial charge in [0.25, 0.3) is 11.8 Å². The predicted molar refractivity (Wildman–Crippen MR) is 177 cm³/mol. The molecule has 0 aromatic heterocycles. The Bertz CT molecular complexity index is 1310. The van der Waals surface area contributed by atoms with E-state index in [9.17, 15) is 33.9 Å². The first-order valence-electron chi connectivity index (χ1n) is 15.9. The lowest BCUT2D eigenvalue weighted by Gasteiger charge is -2.35. The minimum Gasteiger partial charge on any atom is -0.449 e. The van der Waals surface area contributed by atoms with E-state index in [-0.39, 0.29) is 50.5 Å². The fraction of sp³-hybridized carbons (Fsp3) is 0.576. The number of imide groups is 1. The van der Waals surface area contributed by atoms with Crippen molar-refractivity contribution in [2.75, 3.05) is 25.1 Å². The van der Waals surface area contributed by atoms with Crippen molar-refractivity contribution < 1.29 is 43.3 Å². The molecule has 0 bridgehead atoms. The predicted octanol–water partition coefficient (Wildman–Crippen LogP) is 2.08. The quantitative estimate of drug-likeness (QED) is 0.0933. The zero-order valence-corrected chi connectivity index (χ0v) is 28.6. The summed E-state index contributed by atoms with van der Waals surface area (Å²) in [5, 5.41) is 19.7. The minimum atomic E-state index is -1.03. The third-order valence-electron chi connectivity index (χ3n) is 7.79. The van der Waals surface area contributed by atoms with Crippen LogP contribution in [0.15, 0.2) is 36.4 Å². The molecule has 1 aromatic carbocycles. The maximum Gasteiger partial charge on any atom is 0.407 e. The number of urea groups is 1. The van der Waals surface area contributed by atoms with Gasteiger partial charge in [-0.15, -0.1) is 0 Å². The number of aliphatic hydroxyl groups is 1. The van der Waals surface area contributed by atoms with E-state index in [1.54, 1.807) is 52.0 Å². The van der Waals surface area contributed by atoms with Crippen LogP contribution in [0.4, 0.5) is 15.3 Å². The van der Waals surface area contributed by atoms with Gasteiger partial charge in [-0.1, -0.05) is 26.0 Å².